The molecule has 19 heavy (non-hydrogen) atoms. The van der Waals surface area contributed by atoms with Crippen LogP contribution in [0.1, 0.15) is 66.2 Å². The molecule has 2 nitrogen and oxygen atoms in total. The van der Waals surface area contributed by atoms with Gasteiger partial charge < -0.3 is 10.6 Å². The van der Waals surface area contributed by atoms with Crippen molar-refractivity contribution in [2.75, 3.05) is 26.2 Å². The van der Waals surface area contributed by atoms with Crippen molar-refractivity contribution in [1.82, 2.24) is 4.90 Å². The molecule has 0 amide bonds. The van der Waals surface area contributed by atoms with E-state index in [9.17, 15) is 0 Å². The molecule has 0 aromatic heterocycles. The van der Waals surface area contributed by atoms with Crippen molar-refractivity contribution in [3.8, 4) is 0 Å². The Bertz CT molecular complexity index is 235. The van der Waals surface area contributed by atoms with Crippen LogP contribution in [0.15, 0.2) is 0 Å². The fraction of sp³-hybridized carbons (Fsp3) is 1.00. The third kappa shape index (κ3) is 6.76. The maximum atomic E-state index is 5.72. The molecule has 0 bridgehead atoms. The number of hydrogen-bond acceptors (Lipinski definition) is 2. The van der Waals surface area contributed by atoms with Crippen molar-refractivity contribution in [3.63, 3.8) is 0 Å². The summed E-state index contributed by atoms with van der Waals surface area (Å²) in [5.74, 6) is 1.61. The molecular formula is C17H36N2. The van der Waals surface area contributed by atoms with E-state index in [2.05, 4.69) is 32.6 Å². The highest BCUT2D eigenvalue weighted by Crippen LogP contribution is 2.30. The third-order valence-corrected chi connectivity index (χ3v) is 4.96. The van der Waals surface area contributed by atoms with Gasteiger partial charge in [-0.05, 0) is 82.0 Å². The molecule has 0 radical (unpaired) electrons. The predicted octanol–water partition coefficient (Wildman–Crippen LogP) is 3.90. The maximum absolute atomic E-state index is 5.72. The molecule has 1 saturated heterocycles. The largest absolute Gasteiger partial charge is 0.330 e. The molecule has 2 N–H and O–H groups in total. The lowest BCUT2D eigenvalue weighted by Crippen LogP contribution is -2.27. The zero-order valence-electron chi connectivity index (χ0n) is 13.8. The van der Waals surface area contributed by atoms with Crippen molar-refractivity contribution < 1.29 is 0 Å². The minimum absolute atomic E-state index is 0.564. The van der Waals surface area contributed by atoms with Crippen LogP contribution in [0.5, 0.6) is 0 Å². The summed E-state index contributed by atoms with van der Waals surface area (Å²) in [6.07, 6.45) is 8.04. The van der Waals surface area contributed by atoms with E-state index in [1.54, 1.807) is 0 Å². The standard InChI is InChI=1S/C17H36N2/c1-15(2)16(8-11-18)7-5-12-19-13-6-9-17(3,4)10-14-19/h15-16H,5-14,18H2,1-4H3. The molecule has 0 aromatic carbocycles. The fourth-order valence-corrected chi connectivity index (χ4v) is 3.30. The van der Waals surface area contributed by atoms with Crippen LogP contribution in [0, 0.1) is 17.3 Å². The molecule has 2 heteroatoms. The number of nitrogens with zero attached hydrogens (tertiary/aromatic N) is 1. The van der Waals surface area contributed by atoms with Gasteiger partial charge in [0.1, 0.15) is 0 Å². The Hall–Kier alpha value is -0.0800. The molecule has 1 aliphatic rings. The van der Waals surface area contributed by atoms with E-state index < -0.39 is 0 Å². The van der Waals surface area contributed by atoms with Crippen molar-refractivity contribution in [3.05, 3.63) is 0 Å². The van der Waals surface area contributed by atoms with Gasteiger partial charge in [-0.2, -0.15) is 0 Å². The Morgan fingerprint density at radius 1 is 1.11 bits per heavy atom. The van der Waals surface area contributed by atoms with Gasteiger partial charge >= 0.3 is 0 Å². The summed E-state index contributed by atoms with van der Waals surface area (Å²) in [5, 5.41) is 0. The lowest BCUT2D eigenvalue weighted by Gasteiger charge is -2.25. The van der Waals surface area contributed by atoms with Gasteiger partial charge in [-0.3, -0.25) is 0 Å². The summed E-state index contributed by atoms with van der Waals surface area (Å²) in [6, 6.07) is 0. The first kappa shape index (κ1) is 17.0. The van der Waals surface area contributed by atoms with Crippen LogP contribution in [0.3, 0.4) is 0 Å². The molecule has 114 valence electrons. The van der Waals surface area contributed by atoms with Gasteiger partial charge in [-0.25, -0.2) is 0 Å². The first-order chi connectivity index (χ1) is 8.94. The van der Waals surface area contributed by atoms with Crippen LogP contribution in [-0.2, 0) is 0 Å². The summed E-state index contributed by atoms with van der Waals surface area (Å²) >= 11 is 0. The molecule has 1 unspecified atom stereocenters. The molecule has 1 atom stereocenters. The highest BCUT2D eigenvalue weighted by molar-refractivity contribution is 4.76. The second-order valence-corrected chi connectivity index (χ2v) is 7.58. The SMILES string of the molecule is CC(C)C(CCN)CCCN1CCCC(C)(C)CC1. The fourth-order valence-electron chi connectivity index (χ4n) is 3.30. The van der Waals surface area contributed by atoms with E-state index in [4.69, 9.17) is 5.73 Å². The van der Waals surface area contributed by atoms with Crippen LogP contribution >= 0.6 is 0 Å². The zero-order chi connectivity index (χ0) is 14.3. The van der Waals surface area contributed by atoms with Crippen LogP contribution in [-0.4, -0.2) is 31.1 Å². The monoisotopic (exact) mass is 268 g/mol. The van der Waals surface area contributed by atoms with E-state index in [1.165, 1.54) is 58.2 Å². The van der Waals surface area contributed by atoms with Crippen LogP contribution in [0.2, 0.25) is 0 Å². The summed E-state index contributed by atoms with van der Waals surface area (Å²) in [7, 11) is 0. The predicted molar refractivity (Wildman–Crippen MR) is 85.3 cm³/mol. The van der Waals surface area contributed by atoms with Crippen molar-refractivity contribution >= 4 is 0 Å². The second-order valence-electron chi connectivity index (χ2n) is 7.58. The molecule has 0 aromatic rings. The quantitative estimate of drug-likeness (QED) is 0.759. The van der Waals surface area contributed by atoms with Crippen LogP contribution in [0.4, 0.5) is 0 Å². The lowest BCUT2D eigenvalue weighted by atomic mass is 9.85. The van der Waals surface area contributed by atoms with Crippen LogP contribution < -0.4 is 5.73 Å². The molecule has 1 heterocycles. The molecule has 0 saturated carbocycles. The maximum Gasteiger partial charge on any atom is -0.00136 e. The van der Waals surface area contributed by atoms with Crippen molar-refractivity contribution in [2.24, 2.45) is 23.0 Å². The van der Waals surface area contributed by atoms with E-state index in [0.29, 0.717) is 5.41 Å². The molecule has 1 aliphatic heterocycles. The first-order valence-electron chi connectivity index (χ1n) is 8.37. The number of nitrogens with two attached hydrogens (primary N) is 1. The normalized spacial score (nSPS) is 22.4. The van der Waals surface area contributed by atoms with Crippen molar-refractivity contribution in [2.45, 2.75) is 66.2 Å². The Morgan fingerprint density at radius 2 is 1.84 bits per heavy atom. The average molecular weight is 268 g/mol. The number of hydrogen-bond donors (Lipinski definition) is 1. The van der Waals surface area contributed by atoms with E-state index in [1.807, 2.05) is 0 Å². The first-order valence-corrected chi connectivity index (χ1v) is 8.37. The summed E-state index contributed by atoms with van der Waals surface area (Å²) in [6.45, 7) is 14.3. The molecule has 1 fully saturated rings. The second kappa shape index (κ2) is 8.26. The van der Waals surface area contributed by atoms with Crippen molar-refractivity contribution in [1.29, 1.82) is 0 Å². The molecule has 0 aliphatic carbocycles. The highest BCUT2D eigenvalue weighted by atomic mass is 15.1. The van der Waals surface area contributed by atoms with Crippen LogP contribution in [0.25, 0.3) is 0 Å². The molecule has 0 spiro atoms. The summed E-state index contributed by atoms with van der Waals surface area (Å²) in [4.78, 5) is 2.69. The van der Waals surface area contributed by atoms with Gasteiger partial charge in [-0.1, -0.05) is 27.7 Å². The molecule has 1 rings (SSSR count). The summed E-state index contributed by atoms with van der Waals surface area (Å²) in [5.41, 5.74) is 6.29. The van der Waals surface area contributed by atoms with Gasteiger partial charge in [0, 0.05) is 0 Å². The Balaban J connectivity index is 2.24. The van der Waals surface area contributed by atoms with E-state index >= 15 is 0 Å². The van der Waals surface area contributed by atoms with Gasteiger partial charge in [0.15, 0.2) is 0 Å². The third-order valence-electron chi connectivity index (χ3n) is 4.96. The minimum atomic E-state index is 0.564. The van der Waals surface area contributed by atoms with Gasteiger partial charge in [0.25, 0.3) is 0 Å². The number of rotatable bonds is 7. The topological polar surface area (TPSA) is 29.3 Å². The smallest absolute Gasteiger partial charge is 0.00136 e. The van der Waals surface area contributed by atoms with E-state index in [-0.39, 0.29) is 0 Å². The Kier molecular flexibility index (Phi) is 7.38. The lowest BCUT2D eigenvalue weighted by molar-refractivity contribution is 0.242. The average Bonchev–Trinajstić information content (AvgIpc) is 2.49. The zero-order valence-corrected chi connectivity index (χ0v) is 13.8. The van der Waals surface area contributed by atoms with Gasteiger partial charge in [0.2, 0.25) is 0 Å². The highest BCUT2D eigenvalue weighted by Gasteiger charge is 2.22. The molecular weight excluding hydrogens is 232 g/mol. The summed E-state index contributed by atoms with van der Waals surface area (Å²) < 4.78 is 0. The minimum Gasteiger partial charge on any atom is -0.330 e. The van der Waals surface area contributed by atoms with Gasteiger partial charge in [-0.15, -0.1) is 0 Å². The van der Waals surface area contributed by atoms with Gasteiger partial charge in [0.05, 0.1) is 0 Å². The Morgan fingerprint density at radius 3 is 2.47 bits per heavy atom. The number of likely N-dealkylation sites (tertiary alicyclic amines) is 1. The Labute approximate surface area is 121 Å². The van der Waals surface area contributed by atoms with E-state index in [0.717, 1.165) is 18.4 Å².